The zero-order valence-electron chi connectivity index (χ0n) is 8.40. The fraction of sp³-hybridized carbons (Fsp3) is 0.200. The second-order valence-electron chi connectivity index (χ2n) is 2.98. The van der Waals surface area contributed by atoms with E-state index in [4.69, 9.17) is 0 Å². The molecule has 0 saturated carbocycles. The van der Waals surface area contributed by atoms with E-state index in [-0.39, 0.29) is 0 Å². The highest BCUT2D eigenvalue weighted by Crippen LogP contribution is 2.18. The molecule has 0 bridgehead atoms. The molecule has 0 saturated heterocycles. The van der Waals surface area contributed by atoms with Crippen molar-refractivity contribution in [1.29, 1.82) is 0 Å². The maximum absolute atomic E-state index is 4.24. The lowest BCUT2D eigenvalue weighted by molar-refractivity contribution is 1.06. The van der Waals surface area contributed by atoms with Crippen molar-refractivity contribution in [2.45, 2.75) is 10.9 Å². The van der Waals surface area contributed by atoms with E-state index >= 15 is 0 Å². The third kappa shape index (κ3) is 2.73. The molecule has 78 valence electrons. The highest BCUT2D eigenvalue weighted by atomic mass is 32.2. The van der Waals surface area contributed by atoms with Gasteiger partial charge in [-0.05, 0) is 11.6 Å². The first kappa shape index (κ1) is 10.0. The van der Waals surface area contributed by atoms with Crippen LogP contribution in [0.1, 0.15) is 5.56 Å². The van der Waals surface area contributed by atoms with Crippen LogP contribution in [0, 0.1) is 0 Å². The molecule has 15 heavy (non-hydrogen) atoms. The van der Waals surface area contributed by atoms with E-state index in [0.717, 1.165) is 16.7 Å². The van der Waals surface area contributed by atoms with Crippen LogP contribution in [-0.4, -0.2) is 22.0 Å². The largest absolute Gasteiger partial charge is 0.373 e. The van der Waals surface area contributed by atoms with E-state index in [2.05, 4.69) is 26.3 Å². The Kier molecular flexibility index (Phi) is 3.24. The molecule has 0 aromatic carbocycles. The number of rotatable bonds is 4. The highest BCUT2D eigenvalue weighted by molar-refractivity contribution is 7.98. The summed E-state index contributed by atoms with van der Waals surface area (Å²) < 4.78 is 0. The molecule has 0 aliphatic carbocycles. The molecule has 2 N–H and O–H groups in total. The molecule has 2 rings (SSSR count). The monoisotopic (exact) mass is 220 g/mol. The number of imidazole rings is 1. The SMILES string of the molecule is CNc1ccc(CSc2ncc[nH]2)cn1. The van der Waals surface area contributed by atoms with Gasteiger partial charge in [0, 0.05) is 31.4 Å². The van der Waals surface area contributed by atoms with Gasteiger partial charge in [0.25, 0.3) is 0 Å². The van der Waals surface area contributed by atoms with Crippen LogP contribution < -0.4 is 5.32 Å². The van der Waals surface area contributed by atoms with Gasteiger partial charge in [-0.25, -0.2) is 9.97 Å². The van der Waals surface area contributed by atoms with Gasteiger partial charge in [0.1, 0.15) is 5.82 Å². The number of aromatic amines is 1. The first-order chi connectivity index (χ1) is 7.38. The van der Waals surface area contributed by atoms with Gasteiger partial charge >= 0.3 is 0 Å². The summed E-state index contributed by atoms with van der Waals surface area (Å²) in [4.78, 5) is 11.4. The van der Waals surface area contributed by atoms with Crippen LogP contribution >= 0.6 is 11.8 Å². The predicted octanol–water partition coefficient (Wildman–Crippen LogP) is 2.14. The van der Waals surface area contributed by atoms with Crippen LogP contribution in [0.2, 0.25) is 0 Å². The average Bonchev–Trinajstić information content (AvgIpc) is 2.80. The van der Waals surface area contributed by atoms with E-state index in [1.54, 1.807) is 18.0 Å². The number of thioether (sulfide) groups is 1. The normalized spacial score (nSPS) is 10.2. The molecule has 2 aromatic rings. The Labute approximate surface area is 92.5 Å². The van der Waals surface area contributed by atoms with Gasteiger partial charge in [0.05, 0.1) is 0 Å². The van der Waals surface area contributed by atoms with Gasteiger partial charge < -0.3 is 10.3 Å². The smallest absolute Gasteiger partial charge is 0.165 e. The van der Waals surface area contributed by atoms with Crippen molar-refractivity contribution in [1.82, 2.24) is 15.0 Å². The molecule has 4 nitrogen and oxygen atoms in total. The topological polar surface area (TPSA) is 53.6 Å². The van der Waals surface area contributed by atoms with Crippen molar-refractivity contribution in [3.05, 3.63) is 36.3 Å². The fourth-order valence-electron chi connectivity index (χ4n) is 1.14. The molecule has 0 unspecified atom stereocenters. The number of aromatic nitrogens is 3. The molecule has 0 spiro atoms. The van der Waals surface area contributed by atoms with Gasteiger partial charge in [-0.1, -0.05) is 17.8 Å². The molecule has 0 atom stereocenters. The van der Waals surface area contributed by atoms with Gasteiger partial charge in [-0.3, -0.25) is 0 Å². The number of nitrogens with one attached hydrogen (secondary N) is 2. The van der Waals surface area contributed by atoms with E-state index in [1.807, 2.05) is 25.5 Å². The van der Waals surface area contributed by atoms with E-state index in [1.165, 1.54) is 5.56 Å². The lowest BCUT2D eigenvalue weighted by Gasteiger charge is -2.01. The molecule has 0 amide bonds. The standard InChI is InChI=1S/C10H12N4S/c1-11-9-3-2-8(6-14-9)7-15-10-12-4-5-13-10/h2-6H,7H2,1H3,(H,11,14)(H,12,13). The van der Waals surface area contributed by atoms with Crippen molar-refractivity contribution in [3.8, 4) is 0 Å². The van der Waals surface area contributed by atoms with E-state index < -0.39 is 0 Å². The summed E-state index contributed by atoms with van der Waals surface area (Å²) in [6.45, 7) is 0. The summed E-state index contributed by atoms with van der Waals surface area (Å²) in [5.41, 5.74) is 1.19. The Balaban J connectivity index is 1.93. The lowest BCUT2D eigenvalue weighted by Crippen LogP contribution is -1.92. The number of nitrogens with zero attached hydrogens (tertiary/aromatic N) is 2. The number of hydrogen-bond donors (Lipinski definition) is 2. The van der Waals surface area contributed by atoms with Crippen molar-refractivity contribution in [2.24, 2.45) is 0 Å². The van der Waals surface area contributed by atoms with Crippen LogP contribution in [0.25, 0.3) is 0 Å². The molecule has 0 aliphatic heterocycles. The molecule has 2 aromatic heterocycles. The summed E-state index contributed by atoms with van der Waals surface area (Å²) in [6, 6.07) is 4.03. The van der Waals surface area contributed by atoms with Crippen molar-refractivity contribution < 1.29 is 0 Å². The molecule has 0 radical (unpaired) electrons. The minimum absolute atomic E-state index is 0.879. The summed E-state index contributed by atoms with van der Waals surface area (Å²) in [6.07, 6.45) is 5.46. The second kappa shape index (κ2) is 4.84. The van der Waals surface area contributed by atoms with Gasteiger partial charge in [-0.2, -0.15) is 0 Å². The van der Waals surface area contributed by atoms with Gasteiger partial charge in [0.2, 0.25) is 0 Å². The molecular weight excluding hydrogens is 208 g/mol. The first-order valence-corrected chi connectivity index (χ1v) is 5.62. The highest BCUT2D eigenvalue weighted by Gasteiger charge is 1.98. The number of H-pyrrole nitrogens is 1. The zero-order chi connectivity index (χ0) is 10.5. The number of anilines is 1. The van der Waals surface area contributed by atoms with Gasteiger partial charge in [-0.15, -0.1) is 0 Å². The Bertz CT molecular complexity index is 396. The molecule has 0 fully saturated rings. The van der Waals surface area contributed by atoms with Crippen LogP contribution in [0.5, 0.6) is 0 Å². The second-order valence-corrected chi connectivity index (χ2v) is 3.95. The van der Waals surface area contributed by atoms with E-state index in [9.17, 15) is 0 Å². The molecule has 2 heterocycles. The Morgan fingerprint density at radius 2 is 2.33 bits per heavy atom. The summed E-state index contributed by atoms with van der Waals surface area (Å²) >= 11 is 1.67. The van der Waals surface area contributed by atoms with Crippen molar-refractivity contribution >= 4 is 17.6 Å². The van der Waals surface area contributed by atoms with Gasteiger partial charge in [0.15, 0.2) is 5.16 Å². The van der Waals surface area contributed by atoms with E-state index in [0.29, 0.717) is 0 Å². The van der Waals surface area contributed by atoms with Crippen LogP contribution in [-0.2, 0) is 5.75 Å². The minimum Gasteiger partial charge on any atom is -0.373 e. The third-order valence-corrected chi connectivity index (χ3v) is 2.90. The summed E-state index contributed by atoms with van der Waals surface area (Å²) in [5.74, 6) is 1.77. The number of pyridine rings is 1. The Morgan fingerprint density at radius 1 is 1.40 bits per heavy atom. The fourth-order valence-corrected chi connectivity index (χ4v) is 1.90. The first-order valence-electron chi connectivity index (χ1n) is 4.63. The van der Waals surface area contributed by atoms with Crippen molar-refractivity contribution in [3.63, 3.8) is 0 Å². The molecule has 5 heteroatoms. The Morgan fingerprint density at radius 3 is 2.93 bits per heavy atom. The molecular formula is C10H12N4S. The summed E-state index contributed by atoms with van der Waals surface area (Å²) in [7, 11) is 1.86. The average molecular weight is 220 g/mol. The predicted molar refractivity (Wildman–Crippen MR) is 61.9 cm³/mol. The minimum atomic E-state index is 0.879. The summed E-state index contributed by atoms with van der Waals surface area (Å²) in [5, 5.41) is 3.93. The van der Waals surface area contributed by atoms with Crippen LogP contribution in [0.15, 0.2) is 35.9 Å². The van der Waals surface area contributed by atoms with Crippen molar-refractivity contribution in [2.75, 3.05) is 12.4 Å². The molecule has 0 aliphatic rings. The third-order valence-electron chi connectivity index (χ3n) is 1.93. The Hall–Kier alpha value is -1.49. The lowest BCUT2D eigenvalue weighted by atomic mass is 10.3. The van der Waals surface area contributed by atoms with Crippen LogP contribution in [0.3, 0.4) is 0 Å². The van der Waals surface area contributed by atoms with Crippen LogP contribution in [0.4, 0.5) is 5.82 Å². The number of hydrogen-bond acceptors (Lipinski definition) is 4. The maximum atomic E-state index is 4.24. The quantitative estimate of drug-likeness (QED) is 0.775. The zero-order valence-corrected chi connectivity index (χ0v) is 9.21. The maximum Gasteiger partial charge on any atom is 0.165 e.